The molecule has 0 bridgehead atoms. The Morgan fingerprint density at radius 1 is 1.31 bits per heavy atom. The lowest BCUT2D eigenvalue weighted by atomic mass is 9.83. The van der Waals surface area contributed by atoms with Crippen LogP contribution in [0.3, 0.4) is 0 Å². The van der Waals surface area contributed by atoms with E-state index >= 15 is 0 Å². The summed E-state index contributed by atoms with van der Waals surface area (Å²) < 4.78 is 2.12. The molecule has 0 saturated heterocycles. The molecule has 0 aliphatic carbocycles. The number of nitrogens with zero attached hydrogens (tertiary/aromatic N) is 1. The summed E-state index contributed by atoms with van der Waals surface area (Å²) in [6.45, 7) is 4.80. The normalized spacial score (nSPS) is 12.2. The fourth-order valence-electron chi connectivity index (χ4n) is 2.18. The fourth-order valence-corrected chi connectivity index (χ4v) is 2.18. The lowest BCUT2D eigenvalue weighted by Crippen LogP contribution is -2.26. The van der Waals surface area contributed by atoms with Crippen molar-refractivity contribution in [3.8, 4) is 0 Å². The maximum Gasteiger partial charge on any atom is 0.0770 e. The van der Waals surface area contributed by atoms with Gasteiger partial charge in [0.05, 0.1) is 6.61 Å². The van der Waals surface area contributed by atoms with Crippen LogP contribution in [0, 0.1) is 0 Å². The number of aryl methyl sites for hydroxylation is 1. The van der Waals surface area contributed by atoms with E-state index in [9.17, 15) is 0 Å². The number of benzene rings is 1. The third-order valence-electron chi connectivity index (χ3n) is 3.10. The molecule has 0 saturated carbocycles. The van der Waals surface area contributed by atoms with Crippen molar-refractivity contribution in [1.82, 2.24) is 4.57 Å². The Bertz CT molecular complexity index is 500. The molecule has 0 radical (unpaired) electrons. The molecular weight excluding hydrogens is 200 g/mol. The van der Waals surface area contributed by atoms with Crippen molar-refractivity contribution in [3.63, 3.8) is 0 Å². The van der Waals surface area contributed by atoms with Crippen LogP contribution >= 0.6 is 0 Å². The molecule has 16 heavy (non-hydrogen) atoms. The van der Waals surface area contributed by atoms with Gasteiger partial charge in [0.25, 0.3) is 0 Å². The highest BCUT2D eigenvalue weighted by atomic mass is 16.6. The predicted octanol–water partition coefficient (Wildman–Crippen LogP) is 2.35. The predicted molar refractivity (Wildman–Crippen MR) is 66.1 cm³/mol. The lowest BCUT2D eigenvalue weighted by Gasteiger charge is -2.24. The smallest absolute Gasteiger partial charge is 0.0770 e. The van der Waals surface area contributed by atoms with Gasteiger partial charge >= 0.3 is 0 Å². The van der Waals surface area contributed by atoms with Gasteiger partial charge in [0.15, 0.2) is 0 Å². The van der Waals surface area contributed by atoms with Gasteiger partial charge in [-0.15, -0.1) is 0 Å². The summed E-state index contributed by atoms with van der Waals surface area (Å²) >= 11 is 0. The van der Waals surface area contributed by atoms with E-state index in [0.29, 0.717) is 6.61 Å². The summed E-state index contributed by atoms with van der Waals surface area (Å²) in [6.07, 6.45) is 2.08. The molecule has 2 N–H and O–H groups in total. The van der Waals surface area contributed by atoms with Crippen molar-refractivity contribution in [2.45, 2.75) is 19.3 Å². The molecule has 0 aliphatic rings. The van der Waals surface area contributed by atoms with Gasteiger partial charge in [0.2, 0.25) is 0 Å². The number of nitrogens with two attached hydrogens (primary N) is 1. The third kappa shape index (κ3) is 1.72. The first-order valence-electron chi connectivity index (χ1n) is 5.42. The second-order valence-corrected chi connectivity index (χ2v) is 4.86. The third-order valence-corrected chi connectivity index (χ3v) is 3.10. The van der Waals surface area contributed by atoms with E-state index in [-0.39, 0.29) is 5.41 Å². The van der Waals surface area contributed by atoms with Crippen LogP contribution in [0.2, 0.25) is 0 Å². The minimum atomic E-state index is -0.0738. The van der Waals surface area contributed by atoms with E-state index in [1.807, 2.05) is 0 Å². The Morgan fingerprint density at radius 3 is 2.75 bits per heavy atom. The Labute approximate surface area is 95.8 Å². The van der Waals surface area contributed by atoms with Crippen LogP contribution in [0.25, 0.3) is 10.9 Å². The average Bonchev–Trinajstić information content (AvgIpc) is 2.60. The van der Waals surface area contributed by atoms with E-state index in [1.165, 1.54) is 16.5 Å². The molecule has 0 spiro atoms. The van der Waals surface area contributed by atoms with Crippen molar-refractivity contribution in [2.75, 3.05) is 6.61 Å². The van der Waals surface area contributed by atoms with Gasteiger partial charge in [-0.3, -0.25) is 0 Å². The van der Waals surface area contributed by atoms with Gasteiger partial charge in [-0.2, -0.15) is 0 Å². The number of rotatable bonds is 3. The van der Waals surface area contributed by atoms with Crippen molar-refractivity contribution >= 4 is 10.9 Å². The van der Waals surface area contributed by atoms with E-state index in [0.717, 1.165) is 0 Å². The second-order valence-electron chi connectivity index (χ2n) is 4.86. The molecule has 2 rings (SSSR count). The van der Waals surface area contributed by atoms with Crippen molar-refractivity contribution in [2.24, 2.45) is 12.9 Å². The molecule has 0 aliphatic heterocycles. The quantitative estimate of drug-likeness (QED) is 0.803. The standard InChI is InChI=1S/C13H18N2O/c1-13(2,9-16-14)11-5-4-6-12-10(11)7-8-15(12)3/h4-8H,9,14H2,1-3H3. The zero-order valence-electron chi connectivity index (χ0n) is 10.0. The van der Waals surface area contributed by atoms with Crippen LogP contribution in [0.4, 0.5) is 0 Å². The molecule has 3 nitrogen and oxygen atoms in total. The fraction of sp³-hybridized carbons (Fsp3) is 0.385. The Hall–Kier alpha value is -1.32. The Kier molecular flexibility index (Phi) is 2.74. The van der Waals surface area contributed by atoms with Crippen LogP contribution in [0.1, 0.15) is 19.4 Å². The van der Waals surface area contributed by atoms with Crippen LogP contribution in [-0.4, -0.2) is 11.2 Å². The minimum Gasteiger partial charge on any atom is -0.351 e. The van der Waals surface area contributed by atoms with Gasteiger partial charge in [-0.05, 0) is 17.7 Å². The summed E-state index contributed by atoms with van der Waals surface area (Å²) in [7, 11) is 2.05. The SMILES string of the molecule is Cn1ccc2c(C(C)(C)CON)cccc21. The van der Waals surface area contributed by atoms with Crippen LogP contribution < -0.4 is 5.90 Å². The molecule has 0 atom stereocenters. The summed E-state index contributed by atoms with van der Waals surface area (Å²) in [4.78, 5) is 4.81. The van der Waals surface area contributed by atoms with E-state index < -0.39 is 0 Å². The molecule has 3 heteroatoms. The van der Waals surface area contributed by atoms with Gasteiger partial charge < -0.3 is 9.40 Å². The first kappa shape index (κ1) is 11.2. The summed E-state index contributed by atoms with van der Waals surface area (Å²) in [5, 5.41) is 1.27. The molecular formula is C13H18N2O. The maximum absolute atomic E-state index is 5.20. The summed E-state index contributed by atoms with van der Waals surface area (Å²) in [5.41, 5.74) is 2.44. The molecule has 0 fully saturated rings. The van der Waals surface area contributed by atoms with Gasteiger partial charge in [-0.1, -0.05) is 26.0 Å². The lowest BCUT2D eigenvalue weighted by molar-refractivity contribution is 0.0969. The maximum atomic E-state index is 5.20. The van der Waals surface area contributed by atoms with Crippen LogP contribution in [0.5, 0.6) is 0 Å². The molecule has 86 valence electrons. The summed E-state index contributed by atoms with van der Waals surface area (Å²) in [6, 6.07) is 8.48. The molecule has 2 aromatic rings. The van der Waals surface area contributed by atoms with Gasteiger partial charge in [0.1, 0.15) is 0 Å². The Balaban J connectivity index is 2.60. The molecule has 1 heterocycles. The number of hydrogen-bond acceptors (Lipinski definition) is 2. The average molecular weight is 218 g/mol. The van der Waals surface area contributed by atoms with Crippen LogP contribution in [0.15, 0.2) is 30.5 Å². The van der Waals surface area contributed by atoms with Gasteiger partial charge in [0, 0.05) is 29.6 Å². The van der Waals surface area contributed by atoms with E-state index in [4.69, 9.17) is 10.7 Å². The molecule has 1 aromatic carbocycles. The first-order chi connectivity index (χ1) is 7.56. The number of fused-ring (bicyclic) bond motifs is 1. The zero-order valence-corrected chi connectivity index (χ0v) is 10.0. The van der Waals surface area contributed by atoms with Crippen molar-refractivity contribution in [1.29, 1.82) is 0 Å². The number of aromatic nitrogens is 1. The zero-order chi connectivity index (χ0) is 11.8. The van der Waals surface area contributed by atoms with E-state index in [1.54, 1.807) is 0 Å². The van der Waals surface area contributed by atoms with Crippen LogP contribution in [-0.2, 0) is 17.3 Å². The highest BCUT2D eigenvalue weighted by Crippen LogP contribution is 2.30. The highest BCUT2D eigenvalue weighted by Gasteiger charge is 2.23. The minimum absolute atomic E-state index is 0.0738. The Morgan fingerprint density at radius 2 is 2.06 bits per heavy atom. The molecule has 0 amide bonds. The number of hydrogen-bond donors (Lipinski definition) is 1. The summed E-state index contributed by atoms with van der Waals surface area (Å²) in [5.74, 6) is 5.20. The van der Waals surface area contributed by atoms with E-state index in [2.05, 4.69) is 55.9 Å². The van der Waals surface area contributed by atoms with Gasteiger partial charge in [-0.25, -0.2) is 5.90 Å². The first-order valence-corrected chi connectivity index (χ1v) is 5.42. The van der Waals surface area contributed by atoms with Crippen molar-refractivity contribution in [3.05, 3.63) is 36.0 Å². The molecule has 1 aromatic heterocycles. The monoisotopic (exact) mass is 218 g/mol. The largest absolute Gasteiger partial charge is 0.351 e. The second kappa shape index (κ2) is 3.92. The molecule has 0 unspecified atom stereocenters. The highest BCUT2D eigenvalue weighted by molar-refractivity contribution is 5.84. The van der Waals surface area contributed by atoms with Crippen molar-refractivity contribution < 1.29 is 4.84 Å². The topological polar surface area (TPSA) is 40.2 Å².